The minimum absolute atomic E-state index is 0.189. The molecule has 0 fully saturated rings. The minimum Gasteiger partial charge on any atom is -0.451 e. The highest BCUT2D eigenvalue weighted by molar-refractivity contribution is 5.91. The average Bonchev–Trinajstić information content (AvgIpc) is 2.94. The molecule has 0 bridgehead atoms. The molecule has 2 aromatic rings. The fraction of sp³-hybridized carbons (Fsp3) is 0.478. The third-order valence-corrected chi connectivity index (χ3v) is 4.95. The molecule has 6 heteroatoms. The largest absolute Gasteiger partial charge is 0.451 e. The van der Waals surface area contributed by atoms with E-state index in [1.807, 2.05) is 19.1 Å². The van der Waals surface area contributed by atoms with Crippen molar-refractivity contribution in [3.63, 3.8) is 0 Å². The van der Waals surface area contributed by atoms with Gasteiger partial charge in [-0.1, -0.05) is 38.1 Å². The van der Waals surface area contributed by atoms with Crippen molar-refractivity contribution < 1.29 is 19.4 Å². The number of amides is 1. The van der Waals surface area contributed by atoms with Gasteiger partial charge in [-0.05, 0) is 56.7 Å². The average molecular weight is 401 g/mol. The highest BCUT2D eigenvalue weighted by Gasteiger charge is 2.22. The number of aryl methyl sites for hydroxylation is 1. The molecular weight excluding hydrogens is 368 g/mol. The predicted molar refractivity (Wildman–Crippen MR) is 113 cm³/mol. The number of aromatic amines is 1. The van der Waals surface area contributed by atoms with E-state index < -0.39 is 12.1 Å². The van der Waals surface area contributed by atoms with Gasteiger partial charge in [0, 0.05) is 11.3 Å². The zero-order valence-electron chi connectivity index (χ0n) is 18.1. The van der Waals surface area contributed by atoms with Crippen LogP contribution in [0.2, 0.25) is 0 Å². The molecule has 0 aliphatic heterocycles. The van der Waals surface area contributed by atoms with Crippen LogP contribution in [0.5, 0.6) is 0 Å². The summed E-state index contributed by atoms with van der Waals surface area (Å²) in [7, 11) is 0. The van der Waals surface area contributed by atoms with Gasteiger partial charge in [-0.25, -0.2) is 4.79 Å². The van der Waals surface area contributed by atoms with Crippen molar-refractivity contribution >= 4 is 11.9 Å². The van der Waals surface area contributed by atoms with Gasteiger partial charge in [0.15, 0.2) is 6.61 Å². The van der Waals surface area contributed by atoms with Crippen LogP contribution < -0.4 is 5.32 Å². The van der Waals surface area contributed by atoms with E-state index in [0.717, 1.165) is 12.0 Å². The van der Waals surface area contributed by atoms with Gasteiger partial charge in [0.25, 0.3) is 5.91 Å². The molecule has 1 amide bonds. The molecular formula is C23H32N2O4. The van der Waals surface area contributed by atoms with E-state index >= 15 is 0 Å². The number of hydrogen-bond acceptors (Lipinski definition) is 4. The van der Waals surface area contributed by atoms with E-state index in [-0.39, 0.29) is 24.2 Å². The summed E-state index contributed by atoms with van der Waals surface area (Å²) in [6.07, 6.45) is 0.328. The highest BCUT2D eigenvalue weighted by atomic mass is 16.5. The number of rotatable bonds is 8. The summed E-state index contributed by atoms with van der Waals surface area (Å²) in [5.41, 5.74) is 4.55. The van der Waals surface area contributed by atoms with Crippen LogP contribution in [0.15, 0.2) is 24.3 Å². The summed E-state index contributed by atoms with van der Waals surface area (Å²) in [4.78, 5) is 27.5. The van der Waals surface area contributed by atoms with E-state index in [4.69, 9.17) is 4.74 Å². The van der Waals surface area contributed by atoms with Gasteiger partial charge in [0.1, 0.15) is 5.69 Å². The summed E-state index contributed by atoms with van der Waals surface area (Å²) in [6, 6.07) is 7.99. The topological polar surface area (TPSA) is 91.4 Å². The van der Waals surface area contributed by atoms with Crippen molar-refractivity contribution in [3.05, 3.63) is 57.9 Å². The van der Waals surface area contributed by atoms with Crippen LogP contribution in [0.3, 0.4) is 0 Å². The number of carbonyl (C=O) groups is 2. The normalized spacial score (nSPS) is 13.2. The molecule has 0 radical (unpaired) electrons. The lowest BCUT2D eigenvalue weighted by Crippen LogP contribution is -2.31. The second kappa shape index (κ2) is 9.74. The Morgan fingerprint density at radius 2 is 1.72 bits per heavy atom. The molecule has 2 atom stereocenters. The molecule has 29 heavy (non-hydrogen) atoms. The molecule has 0 unspecified atom stereocenters. The predicted octanol–water partition coefficient (Wildman–Crippen LogP) is 3.92. The molecule has 0 saturated heterocycles. The molecule has 0 spiro atoms. The Morgan fingerprint density at radius 3 is 2.24 bits per heavy atom. The van der Waals surface area contributed by atoms with Crippen molar-refractivity contribution in [1.29, 1.82) is 0 Å². The number of nitrogens with one attached hydrogen (secondary N) is 2. The standard InChI is InChI=1S/C23H32N2O4/c1-13(2)11-18-7-9-19(10-8-18)15(4)24-20(27)12-29-23(28)22-14(3)21(17(6)26)16(5)25-22/h7-10,13,15,17,25-26H,11-12H2,1-6H3,(H,24,27)/t15-,17-/m1/s1. The van der Waals surface area contributed by atoms with E-state index in [0.29, 0.717) is 22.7 Å². The van der Waals surface area contributed by atoms with Crippen molar-refractivity contribution in [2.75, 3.05) is 6.61 Å². The van der Waals surface area contributed by atoms with Crippen LogP contribution in [0.1, 0.15) is 78.3 Å². The lowest BCUT2D eigenvalue weighted by molar-refractivity contribution is -0.124. The van der Waals surface area contributed by atoms with E-state index in [1.54, 1.807) is 20.8 Å². The van der Waals surface area contributed by atoms with Gasteiger partial charge in [-0.15, -0.1) is 0 Å². The fourth-order valence-electron chi connectivity index (χ4n) is 3.58. The van der Waals surface area contributed by atoms with Crippen molar-refractivity contribution in [3.8, 4) is 0 Å². The molecule has 1 heterocycles. The van der Waals surface area contributed by atoms with E-state index in [1.165, 1.54) is 5.56 Å². The Kier molecular flexibility index (Phi) is 7.62. The second-order valence-electron chi connectivity index (χ2n) is 8.04. The number of hydrogen-bond donors (Lipinski definition) is 3. The van der Waals surface area contributed by atoms with Crippen molar-refractivity contribution in [2.24, 2.45) is 5.92 Å². The van der Waals surface area contributed by atoms with Gasteiger partial charge in [-0.3, -0.25) is 4.79 Å². The number of ether oxygens (including phenoxy) is 1. The number of carbonyl (C=O) groups excluding carboxylic acids is 2. The number of aliphatic hydroxyl groups is 1. The Morgan fingerprint density at radius 1 is 1.10 bits per heavy atom. The summed E-state index contributed by atoms with van der Waals surface area (Å²) in [5, 5.41) is 12.7. The lowest BCUT2D eigenvalue weighted by Gasteiger charge is -2.15. The van der Waals surface area contributed by atoms with Crippen LogP contribution >= 0.6 is 0 Å². The summed E-state index contributed by atoms with van der Waals surface area (Å²) < 4.78 is 5.15. The zero-order valence-corrected chi connectivity index (χ0v) is 18.1. The van der Waals surface area contributed by atoms with E-state index in [9.17, 15) is 14.7 Å². The molecule has 0 aliphatic rings. The first-order valence-electron chi connectivity index (χ1n) is 10.0. The molecule has 158 valence electrons. The second-order valence-corrected chi connectivity index (χ2v) is 8.04. The molecule has 3 N–H and O–H groups in total. The first-order chi connectivity index (χ1) is 13.6. The fourth-order valence-corrected chi connectivity index (χ4v) is 3.58. The molecule has 0 aliphatic carbocycles. The maximum atomic E-state index is 12.3. The third kappa shape index (κ3) is 5.94. The third-order valence-electron chi connectivity index (χ3n) is 4.95. The maximum Gasteiger partial charge on any atom is 0.355 e. The van der Waals surface area contributed by atoms with Gasteiger partial charge >= 0.3 is 5.97 Å². The number of benzene rings is 1. The number of H-pyrrole nitrogens is 1. The van der Waals surface area contributed by atoms with Crippen LogP contribution in [0.25, 0.3) is 0 Å². The van der Waals surface area contributed by atoms with Crippen LogP contribution in [0.4, 0.5) is 0 Å². The van der Waals surface area contributed by atoms with Crippen molar-refractivity contribution in [1.82, 2.24) is 10.3 Å². The molecule has 6 nitrogen and oxygen atoms in total. The van der Waals surface area contributed by atoms with Gasteiger partial charge in [0.05, 0.1) is 12.1 Å². The minimum atomic E-state index is -0.691. The van der Waals surface area contributed by atoms with Crippen LogP contribution in [0, 0.1) is 19.8 Å². The van der Waals surface area contributed by atoms with Crippen molar-refractivity contribution in [2.45, 2.75) is 60.1 Å². The van der Waals surface area contributed by atoms with Gasteiger partial charge in [0.2, 0.25) is 0 Å². The van der Waals surface area contributed by atoms with Crippen LogP contribution in [-0.2, 0) is 16.0 Å². The highest BCUT2D eigenvalue weighted by Crippen LogP contribution is 2.24. The van der Waals surface area contributed by atoms with Crippen LogP contribution in [-0.4, -0.2) is 28.6 Å². The summed E-state index contributed by atoms with van der Waals surface area (Å²) in [6.45, 7) is 11.1. The Balaban J connectivity index is 1.91. The first-order valence-corrected chi connectivity index (χ1v) is 10.0. The number of aromatic nitrogens is 1. The van der Waals surface area contributed by atoms with E-state index in [2.05, 4.69) is 36.3 Å². The summed E-state index contributed by atoms with van der Waals surface area (Å²) in [5.74, 6) is -0.386. The van der Waals surface area contributed by atoms with Gasteiger partial charge < -0.3 is 20.1 Å². The molecule has 0 saturated carbocycles. The number of aliphatic hydroxyl groups excluding tert-OH is 1. The SMILES string of the molecule is Cc1[nH]c(C(=O)OCC(=O)N[C@H](C)c2ccc(CC(C)C)cc2)c(C)c1[C@@H](C)O. The Labute approximate surface area is 172 Å². The zero-order chi connectivity index (χ0) is 21.7. The molecule has 1 aromatic carbocycles. The Hall–Kier alpha value is -2.60. The quantitative estimate of drug-likeness (QED) is 0.586. The molecule has 2 rings (SSSR count). The smallest absolute Gasteiger partial charge is 0.355 e. The summed E-state index contributed by atoms with van der Waals surface area (Å²) >= 11 is 0. The Bertz CT molecular complexity index is 851. The maximum absolute atomic E-state index is 12.3. The molecule has 1 aromatic heterocycles. The lowest BCUT2D eigenvalue weighted by atomic mass is 10.00. The monoisotopic (exact) mass is 400 g/mol. The first kappa shape index (κ1) is 22.7. The van der Waals surface area contributed by atoms with Gasteiger partial charge in [-0.2, -0.15) is 0 Å². The number of esters is 1.